The molecular formula is C26H31NO6. The third-order valence-corrected chi connectivity index (χ3v) is 5.39. The van der Waals surface area contributed by atoms with Crippen molar-refractivity contribution in [3.8, 4) is 11.5 Å². The molecule has 2 aromatic rings. The molecule has 1 amide bonds. The van der Waals surface area contributed by atoms with Crippen molar-refractivity contribution < 1.29 is 28.9 Å². The molecule has 1 fully saturated rings. The van der Waals surface area contributed by atoms with Gasteiger partial charge in [-0.15, -0.1) is 0 Å². The minimum absolute atomic E-state index is 0.0479. The lowest BCUT2D eigenvalue weighted by molar-refractivity contribution is -0.140. The number of ketones is 1. The monoisotopic (exact) mass is 453 g/mol. The van der Waals surface area contributed by atoms with Crippen LogP contribution in [0.4, 0.5) is 0 Å². The lowest BCUT2D eigenvalue weighted by Crippen LogP contribution is -2.31. The third-order valence-electron chi connectivity index (χ3n) is 5.39. The molecule has 1 N–H and O–H groups in total. The molecule has 0 aliphatic carbocycles. The second-order valence-corrected chi connectivity index (χ2v) is 8.35. The van der Waals surface area contributed by atoms with E-state index in [1.54, 1.807) is 56.7 Å². The Labute approximate surface area is 194 Å². The maximum Gasteiger partial charge on any atom is 0.295 e. The van der Waals surface area contributed by atoms with Crippen LogP contribution in [-0.2, 0) is 14.3 Å². The molecule has 1 unspecified atom stereocenters. The number of methoxy groups -OCH3 is 2. The summed E-state index contributed by atoms with van der Waals surface area (Å²) in [6.45, 7) is 5.38. The number of nitrogens with zero attached hydrogens (tertiary/aromatic N) is 1. The van der Waals surface area contributed by atoms with E-state index < -0.39 is 17.7 Å². The van der Waals surface area contributed by atoms with E-state index in [1.807, 2.05) is 19.9 Å². The molecule has 0 saturated carbocycles. The quantitative estimate of drug-likeness (QED) is 0.251. The zero-order valence-corrected chi connectivity index (χ0v) is 19.5. The summed E-state index contributed by atoms with van der Waals surface area (Å²) in [6, 6.07) is 13.4. The van der Waals surface area contributed by atoms with Gasteiger partial charge in [0.2, 0.25) is 0 Å². The second-order valence-electron chi connectivity index (χ2n) is 8.35. The fourth-order valence-electron chi connectivity index (χ4n) is 3.80. The number of aliphatic hydroxyl groups excluding tert-OH is 1. The highest BCUT2D eigenvalue weighted by molar-refractivity contribution is 6.46. The lowest BCUT2D eigenvalue weighted by atomic mass is 9.95. The minimum Gasteiger partial charge on any atom is -0.507 e. The Kier molecular flexibility index (Phi) is 8.11. The van der Waals surface area contributed by atoms with Crippen LogP contribution >= 0.6 is 0 Å². The number of aliphatic hydroxyl groups is 1. The molecule has 0 aromatic heterocycles. The summed E-state index contributed by atoms with van der Waals surface area (Å²) in [5, 5.41) is 11.2. The molecule has 0 spiro atoms. The van der Waals surface area contributed by atoms with Crippen molar-refractivity contribution in [2.75, 3.05) is 34.0 Å². The Morgan fingerprint density at radius 1 is 1.06 bits per heavy atom. The van der Waals surface area contributed by atoms with Gasteiger partial charge in [0.1, 0.15) is 17.3 Å². The number of benzene rings is 2. The van der Waals surface area contributed by atoms with Crippen molar-refractivity contribution >= 4 is 17.4 Å². The van der Waals surface area contributed by atoms with Crippen LogP contribution in [0.15, 0.2) is 54.1 Å². The molecule has 7 nitrogen and oxygen atoms in total. The summed E-state index contributed by atoms with van der Waals surface area (Å²) in [5.41, 5.74) is 1.14. The highest BCUT2D eigenvalue weighted by Crippen LogP contribution is 2.40. The highest BCUT2D eigenvalue weighted by atomic mass is 16.5. The minimum atomic E-state index is -0.739. The number of likely N-dealkylation sites (tertiary alicyclic amines) is 1. The third kappa shape index (κ3) is 5.54. The first-order chi connectivity index (χ1) is 15.9. The molecule has 0 radical (unpaired) electrons. The van der Waals surface area contributed by atoms with Crippen molar-refractivity contribution in [1.82, 2.24) is 4.90 Å². The summed E-state index contributed by atoms with van der Waals surface area (Å²) in [7, 11) is 3.14. The first-order valence-electron chi connectivity index (χ1n) is 11.0. The van der Waals surface area contributed by atoms with E-state index in [1.165, 1.54) is 4.90 Å². The van der Waals surface area contributed by atoms with Gasteiger partial charge >= 0.3 is 0 Å². The predicted octanol–water partition coefficient (Wildman–Crippen LogP) is 4.19. The van der Waals surface area contributed by atoms with E-state index in [4.69, 9.17) is 14.2 Å². The Hall–Kier alpha value is -3.32. The average Bonchev–Trinajstić information content (AvgIpc) is 3.07. The summed E-state index contributed by atoms with van der Waals surface area (Å²) >= 11 is 0. The predicted molar refractivity (Wildman–Crippen MR) is 125 cm³/mol. The van der Waals surface area contributed by atoms with Crippen LogP contribution in [0.2, 0.25) is 0 Å². The molecule has 1 atom stereocenters. The largest absolute Gasteiger partial charge is 0.507 e. The van der Waals surface area contributed by atoms with Crippen molar-refractivity contribution in [3.05, 3.63) is 65.2 Å². The molecule has 1 aliphatic heterocycles. The number of Topliss-reactive ketones (excluding diaryl/α,β-unsaturated/α-hetero) is 1. The summed E-state index contributed by atoms with van der Waals surface area (Å²) in [6.07, 6.45) is 0.558. The summed E-state index contributed by atoms with van der Waals surface area (Å²) in [5.74, 6) is -0.0730. The van der Waals surface area contributed by atoms with Gasteiger partial charge in [0.05, 0.1) is 25.3 Å². The molecule has 1 aliphatic rings. The van der Waals surface area contributed by atoms with Crippen LogP contribution in [0, 0.1) is 5.92 Å². The van der Waals surface area contributed by atoms with Gasteiger partial charge in [0, 0.05) is 25.8 Å². The fraction of sp³-hybridized carbons (Fsp3) is 0.385. The van der Waals surface area contributed by atoms with Crippen molar-refractivity contribution in [2.24, 2.45) is 5.92 Å². The van der Waals surface area contributed by atoms with E-state index in [9.17, 15) is 14.7 Å². The topological polar surface area (TPSA) is 85.3 Å². The van der Waals surface area contributed by atoms with Gasteiger partial charge < -0.3 is 24.2 Å². The van der Waals surface area contributed by atoms with Crippen LogP contribution < -0.4 is 9.47 Å². The molecule has 2 aromatic carbocycles. The molecule has 1 heterocycles. The second kappa shape index (κ2) is 11.0. The maximum absolute atomic E-state index is 13.1. The number of ether oxygens (including phenoxy) is 3. The number of carbonyl (C=O) groups excluding carboxylic acids is 2. The summed E-state index contributed by atoms with van der Waals surface area (Å²) in [4.78, 5) is 27.5. The lowest BCUT2D eigenvalue weighted by Gasteiger charge is -2.25. The molecule has 7 heteroatoms. The molecule has 1 saturated heterocycles. The van der Waals surface area contributed by atoms with Gasteiger partial charge in [-0.2, -0.15) is 0 Å². The Balaban J connectivity index is 2.08. The summed E-state index contributed by atoms with van der Waals surface area (Å²) < 4.78 is 16.2. The molecule has 33 heavy (non-hydrogen) atoms. The standard InChI is InChI=1S/C26H31NO6/c1-17(2)16-33-21-11-6-9-19(15-21)24(28)22-23(18-8-5-10-20(14-18)32-4)27(12-7-13-31-3)26(30)25(22)29/h5-6,8-11,14-15,17,23,28H,7,12-13,16H2,1-4H3/b24-22-. The van der Waals surface area contributed by atoms with Crippen molar-refractivity contribution in [1.29, 1.82) is 0 Å². The molecule has 176 valence electrons. The normalized spacial score (nSPS) is 17.6. The van der Waals surface area contributed by atoms with E-state index in [0.717, 1.165) is 0 Å². The number of rotatable bonds is 10. The van der Waals surface area contributed by atoms with Crippen LogP contribution in [0.5, 0.6) is 11.5 Å². The Morgan fingerprint density at radius 3 is 2.48 bits per heavy atom. The van der Waals surface area contributed by atoms with E-state index in [0.29, 0.717) is 54.7 Å². The smallest absolute Gasteiger partial charge is 0.295 e. The maximum atomic E-state index is 13.1. The first-order valence-corrected chi connectivity index (χ1v) is 11.0. The van der Waals surface area contributed by atoms with Crippen LogP contribution in [0.3, 0.4) is 0 Å². The van der Waals surface area contributed by atoms with Gasteiger partial charge in [0.15, 0.2) is 0 Å². The van der Waals surface area contributed by atoms with Crippen molar-refractivity contribution in [2.45, 2.75) is 26.3 Å². The van der Waals surface area contributed by atoms with Gasteiger partial charge in [-0.05, 0) is 42.2 Å². The zero-order chi connectivity index (χ0) is 24.0. The zero-order valence-electron chi connectivity index (χ0n) is 19.5. The van der Waals surface area contributed by atoms with Gasteiger partial charge in [-0.25, -0.2) is 0 Å². The van der Waals surface area contributed by atoms with Crippen molar-refractivity contribution in [3.63, 3.8) is 0 Å². The number of hydrogen-bond donors (Lipinski definition) is 1. The van der Waals surface area contributed by atoms with Crippen LogP contribution in [0.1, 0.15) is 37.4 Å². The Morgan fingerprint density at radius 2 is 1.79 bits per heavy atom. The van der Waals surface area contributed by atoms with Gasteiger partial charge in [0.25, 0.3) is 11.7 Å². The van der Waals surface area contributed by atoms with Crippen LogP contribution in [-0.4, -0.2) is 55.7 Å². The van der Waals surface area contributed by atoms with E-state index in [-0.39, 0.29) is 11.3 Å². The molecule has 3 rings (SSSR count). The number of hydrogen-bond acceptors (Lipinski definition) is 6. The van der Waals surface area contributed by atoms with E-state index in [2.05, 4.69) is 0 Å². The average molecular weight is 454 g/mol. The Bertz CT molecular complexity index is 1030. The fourth-order valence-corrected chi connectivity index (χ4v) is 3.80. The van der Waals surface area contributed by atoms with E-state index >= 15 is 0 Å². The molecular weight excluding hydrogens is 422 g/mol. The highest BCUT2D eigenvalue weighted by Gasteiger charge is 2.45. The first kappa shape index (κ1) is 24.3. The number of carbonyl (C=O) groups is 2. The number of amides is 1. The van der Waals surface area contributed by atoms with Gasteiger partial charge in [-0.1, -0.05) is 38.1 Å². The van der Waals surface area contributed by atoms with Gasteiger partial charge in [-0.3, -0.25) is 9.59 Å². The SMILES string of the molecule is COCCCN1C(=O)C(=O)/C(=C(\O)c2cccc(OCC(C)C)c2)C1c1cccc(OC)c1. The molecule has 0 bridgehead atoms. The van der Waals surface area contributed by atoms with Crippen LogP contribution in [0.25, 0.3) is 5.76 Å².